The Morgan fingerprint density at radius 1 is 1.06 bits per heavy atom. The van der Waals surface area contributed by atoms with Gasteiger partial charge in [0.25, 0.3) is 11.7 Å². The lowest BCUT2D eigenvalue weighted by Gasteiger charge is -2.26. The van der Waals surface area contributed by atoms with Crippen LogP contribution in [0.2, 0.25) is 0 Å². The van der Waals surface area contributed by atoms with E-state index in [1.165, 1.54) is 5.56 Å². The van der Waals surface area contributed by atoms with Gasteiger partial charge in [-0.1, -0.05) is 45.0 Å². The highest BCUT2D eigenvalue weighted by atomic mass is 16.5. The molecular formula is C29H33N3O4. The Hall–Kier alpha value is -3.87. The van der Waals surface area contributed by atoms with Crippen LogP contribution < -0.4 is 4.74 Å². The Bertz CT molecular complexity index is 1210. The zero-order valence-corrected chi connectivity index (χ0v) is 21.1. The number of ether oxygens (including phenoxy) is 1. The van der Waals surface area contributed by atoms with E-state index in [1.807, 2.05) is 42.0 Å². The molecule has 1 aliphatic heterocycles. The number of ketones is 1. The van der Waals surface area contributed by atoms with Crippen molar-refractivity contribution in [2.75, 3.05) is 13.2 Å². The summed E-state index contributed by atoms with van der Waals surface area (Å²) < 4.78 is 7.57. The molecule has 1 aromatic heterocycles. The third-order valence-corrected chi connectivity index (χ3v) is 6.43. The zero-order valence-electron chi connectivity index (χ0n) is 21.1. The van der Waals surface area contributed by atoms with Crippen molar-refractivity contribution in [3.63, 3.8) is 0 Å². The lowest BCUT2D eigenvalue weighted by atomic mass is 9.93. The van der Waals surface area contributed by atoms with Crippen LogP contribution in [-0.4, -0.2) is 44.4 Å². The number of amides is 1. The van der Waals surface area contributed by atoms with Crippen LogP contribution in [0.15, 0.2) is 72.8 Å². The maximum atomic E-state index is 13.2. The number of carbonyl (C=O) groups is 2. The molecule has 7 nitrogen and oxygen atoms in total. The summed E-state index contributed by atoms with van der Waals surface area (Å²) in [7, 11) is 0. The van der Waals surface area contributed by atoms with E-state index in [4.69, 9.17) is 4.74 Å². The number of nitrogens with zero attached hydrogens (tertiary/aromatic N) is 3. The van der Waals surface area contributed by atoms with Gasteiger partial charge in [-0.15, -0.1) is 0 Å². The molecule has 36 heavy (non-hydrogen) atoms. The standard InChI is InChI=1S/C29H33N3O4/c1-4-18-36-24-12-10-23(11-13-24)27(33)25-26(22-8-6-21(7-9-22)20(2)3)32(29(35)28(25)34)16-5-15-31-17-14-30-19-31/h6-14,17,19-20,26,33H,4-5,15-16,18H2,1-3H3/b27-25+/t26-/m0/s1. The number of hydrogen-bond acceptors (Lipinski definition) is 5. The Morgan fingerprint density at radius 2 is 1.78 bits per heavy atom. The van der Waals surface area contributed by atoms with Crippen LogP contribution in [0.1, 0.15) is 62.3 Å². The van der Waals surface area contributed by atoms with Crippen molar-refractivity contribution in [1.82, 2.24) is 14.5 Å². The van der Waals surface area contributed by atoms with Crippen molar-refractivity contribution in [3.8, 4) is 5.75 Å². The van der Waals surface area contributed by atoms with Gasteiger partial charge in [-0.3, -0.25) is 9.59 Å². The van der Waals surface area contributed by atoms with Gasteiger partial charge < -0.3 is 19.3 Å². The normalized spacial score (nSPS) is 17.2. The highest BCUT2D eigenvalue weighted by Gasteiger charge is 2.45. The summed E-state index contributed by atoms with van der Waals surface area (Å²) in [5, 5.41) is 11.3. The van der Waals surface area contributed by atoms with Crippen LogP contribution in [0.3, 0.4) is 0 Å². The zero-order chi connectivity index (χ0) is 25.7. The molecule has 1 atom stereocenters. The molecule has 3 aromatic rings. The van der Waals surface area contributed by atoms with E-state index >= 15 is 0 Å². The van der Waals surface area contributed by atoms with E-state index in [0.717, 1.165) is 12.0 Å². The Kier molecular flexibility index (Phi) is 7.88. The van der Waals surface area contributed by atoms with Gasteiger partial charge in [0.05, 0.1) is 24.5 Å². The minimum Gasteiger partial charge on any atom is -0.507 e. The summed E-state index contributed by atoms with van der Waals surface area (Å²) in [6.07, 6.45) is 6.84. The molecule has 0 spiro atoms. The number of likely N-dealkylation sites (tertiary alicyclic amines) is 1. The summed E-state index contributed by atoms with van der Waals surface area (Å²) in [6.45, 7) is 7.90. The van der Waals surface area contributed by atoms with Crippen LogP contribution in [0.25, 0.3) is 5.76 Å². The predicted octanol–water partition coefficient (Wildman–Crippen LogP) is 5.31. The maximum absolute atomic E-state index is 13.2. The predicted molar refractivity (Wildman–Crippen MR) is 139 cm³/mol. The fraction of sp³-hybridized carbons (Fsp3) is 0.345. The SMILES string of the molecule is CCCOc1ccc(/C(O)=C2\C(=O)C(=O)N(CCCn3ccnc3)[C@H]2c2ccc(C(C)C)cc2)cc1. The summed E-state index contributed by atoms with van der Waals surface area (Å²) in [5.74, 6) is -0.393. The minimum absolute atomic E-state index is 0.113. The average molecular weight is 488 g/mol. The highest BCUT2D eigenvalue weighted by molar-refractivity contribution is 6.46. The Balaban J connectivity index is 1.69. The molecule has 0 saturated carbocycles. The van der Waals surface area contributed by atoms with Gasteiger partial charge >= 0.3 is 0 Å². The number of Topliss-reactive ketones (excluding diaryl/α,β-unsaturated/α-hetero) is 1. The first-order valence-electron chi connectivity index (χ1n) is 12.5. The van der Waals surface area contributed by atoms with Crippen molar-refractivity contribution < 1.29 is 19.4 Å². The van der Waals surface area contributed by atoms with Crippen LogP contribution in [0.4, 0.5) is 0 Å². The number of carbonyl (C=O) groups excluding carboxylic acids is 2. The van der Waals surface area contributed by atoms with Crippen molar-refractivity contribution in [1.29, 1.82) is 0 Å². The molecule has 2 aromatic carbocycles. The topological polar surface area (TPSA) is 84.7 Å². The smallest absolute Gasteiger partial charge is 0.295 e. The second-order valence-electron chi connectivity index (χ2n) is 9.34. The third kappa shape index (κ3) is 5.35. The maximum Gasteiger partial charge on any atom is 0.295 e. The molecule has 2 heterocycles. The highest BCUT2D eigenvalue weighted by Crippen LogP contribution is 2.40. The molecule has 1 saturated heterocycles. The summed E-state index contributed by atoms with van der Waals surface area (Å²) in [4.78, 5) is 32.0. The van der Waals surface area contributed by atoms with Gasteiger partial charge in [-0.2, -0.15) is 0 Å². The number of aromatic nitrogens is 2. The summed E-state index contributed by atoms with van der Waals surface area (Å²) in [6, 6.07) is 14.2. The van der Waals surface area contributed by atoms with Crippen molar-refractivity contribution in [2.45, 2.75) is 52.1 Å². The van der Waals surface area contributed by atoms with Crippen LogP contribution >= 0.6 is 0 Å². The number of imidazole rings is 1. The summed E-state index contributed by atoms with van der Waals surface area (Å²) in [5.41, 5.74) is 2.55. The minimum atomic E-state index is -0.667. The van der Waals surface area contributed by atoms with Crippen molar-refractivity contribution in [3.05, 3.63) is 89.5 Å². The molecule has 0 bridgehead atoms. The lowest BCUT2D eigenvalue weighted by Crippen LogP contribution is -2.31. The number of aryl methyl sites for hydroxylation is 1. The fourth-order valence-electron chi connectivity index (χ4n) is 4.45. The molecule has 0 unspecified atom stereocenters. The molecule has 0 aliphatic carbocycles. The molecule has 1 N–H and O–H groups in total. The van der Waals surface area contributed by atoms with Crippen molar-refractivity contribution >= 4 is 17.4 Å². The Labute approximate surface area is 212 Å². The van der Waals surface area contributed by atoms with E-state index in [9.17, 15) is 14.7 Å². The van der Waals surface area contributed by atoms with Gasteiger partial charge in [0.2, 0.25) is 0 Å². The van der Waals surface area contributed by atoms with Crippen LogP contribution in [-0.2, 0) is 16.1 Å². The number of hydrogen-bond donors (Lipinski definition) is 1. The largest absolute Gasteiger partial charge is 0.507 e. The molecule has 188 valence electrons. The molecule has 7 heteroatoms. The van der Waals surface area contributed by atoms with Gasteiger partial charge in [-0.25, -0.2) is 4.98 Å². The number of rotatable bonds is 10. The molecule has 0 radical (unpaired) electrons. The first-order valence-corrected chi connectivity index (χ1v) is 12.5. The van der Waals surface area contributed by atoms with E-state index in [1.54, 1.807) is 41.7 Å². The Morgan fingerprint density at radius 3 is 2.39 bits per heavy atom. The average Bonchev–Trinajstić information content (AvgIpc) is 3.50. The van der Waals surface area contributed by atoms with E-state index in [-0.39, 0.29) is 11.3 Å². The van der Waals surface area contributed by atoms with Crippen LogP contribution in [0.5, 0.6) is 5.75 Å². The molecule has 1 fully saturated rings. The van der Waals surface area contributed by atoms with Crippen LogP contribution in [0, 0.1) is 0 Å². The lowest BCUT2D eigenvalue weighted by molar-refractivity contribution is -0.139. The van der Waals surface area contributed by atoms with Crippen molar-refractivity contribution in [2.24, 2.45) is 0 Å². The van der Waals surface area contributed by atoms with E-state index in [2.05, 4.69) is 18.8 Å². The monoisotopic (exact) mass is 487 g/mol. The molecule has 1 aliphatic rings. The number of benzene rings is 2. The quantitative estimate of drug-likeness (QED) is 0.238. The van der Waals surface area contributed by atoms with E-state index in [0.29, 0.717) is 43.3 Å². The molecule has 4 rings (SSSR count). The number of aliphatic hydroxyl groups excluding tert-OH is 1. The number of aliphatic hydroxyl groups is 1. The fourth-order valence-corrected chi connectivity index (χ4v) is 4.45. The summed E-state index contributed by atoms with van der Waals surface area (Å²) >= 11 is 0. The second-order valence-corrected chi connectivity index (χ2v) is 9.34. The first-order chi connectivity index (χ1) is 17.4. The third-order valence-electron chi connectivity index (χ3n) is 6.43. The molecular weight excluding hydrogens is 454 g/mol. The van der Waals surface area contributed by atoms with Gasteiger partial charge in [-0.05, 0) is 54.2 Å². The van der Waals surface area contributed by atoms with Gasteiger partial charge in [0, 0.05) is 31.0 Å². The molecule has 1 amide bonds. The van der Waals surface area contributed by atoms with Gasteiger partial charge in [0.1, 0.15) is 11.5 Å². The van der Waals surface area contributed by atoms with E-state index < -0.39 is 17.7 Å². The van der Waals surface area contributed by atoms with Gasteiger partial charge in [0.15, 0.2) is 0 Å². The first kappa shape index (κ1) is 25.2. The second kappa shape index (κ2) is 11.2.